The average molecular weight is 349 g/mol. The van der Waals surface area contributed by atoms with Crippen LogP contribution >= 0.6 is 22.7 Å². The van der Waals surface area contributed by atoms with Crippen LogP contribution in [0.2, 0.25) is 0 Å². The van der Waals surface area contributed by atoms with E-state index in [0.29, 0.717) is 12.0 Å². The van der Waals surface area contributed by atoms with Gasteiger partial charge in [-0.25, -0.2) is 0 Å². The van der Waals surface area contributed by atoms with Crippen LogP contribution in [0.1, 0.15) is 65.5 Å². The third kappa shape index (κ3) is 3.23. The molecule has 23 heavy (non-hydrogen) atoms. The van der Waals surface area contributed by atoms with Gasteiger partial charge in [0.2, 0.25) is 0 Å². The molecule has 0 spiro atoms. The molecule has 0 bridgehead atoms. The highest BCUT2D eigenvalue weighted by Gasteiger charge is 2.31. The van der Waals surface area contributed by atoms with Crippen LogP contribution in [0.3, 0.4) is 0 Å². The Morgan fingerprint density at radius 1 is 1.00 bits per heavy atom. The molecule has 0 aliphatic carbocycles. The van der Waals surface area contributed by atoms with E-state index < -0.39 is 0 Å². The van der Waals surface area contributed by atoms with Gasteiger partial charge in [-0.3, -0.25) is 4.79 Å². The van der Waals surface area contributed by atoms with E-state index in [1.165, 1.54) is 10.4 Å². The van der Waals surface area contributed by atoms with E-state index in [4.69, 9.17) is 0 Å². The van der Waals surface area contributed by atoms with E-state index in [-0.39, 0.29) is 11.9 Å². The summed E-state index contributed by atoms with van der Waals surface area (Å²) >= 11 is 3.55. The van der Waals surface area contributed by atoms with Gasteiger partial charge in [-0.1, -0.05) is 27.7 Å². The second-order valence-corrected chi connectivity index (χ2v) is 8.70. The first kappa shape index (κ1) is 16.7. The number of hydrogen-bond donors (Lipinski definition) is 2. The molecule has 2 aromatic heterocycles. The molecule has 2 aromatic rings. The third-order valence-corrected chi connectivity index (χ3v) is 6.46. The molecule has 0 fully saturated rings. The normalized spacial score (nSPS) is 21.9. The van der Waals surface area contributed by atoms with Crippen molar-refractivity contribution in [3.05, 3.63) is 43.8 Å². The molecule has 1 amide bonds. The van der Waals surface area contributed by atoms with Crippen LogP contribution in [-0.2, 0) is 6.54 Å². The first-order chi connectivity index (χ1) is 11.0. The predicted octanol–water partition coefficient (Wildman–Crippen LogP) is 4.74. The van der Waals surface area contributed by atoms with Crippen molar-refractivity contribution < 1.29 is 4.79 Å². The first-order valence-corrected chi connectivity index (χ1v) is 9.92. The highest BCUT2D eigenvalue weighted by molar-refractivity contribution is 7.10. The lowest BCUT2D eigenvalue weighted by atomic mass is 10.0. The van der Waals surface area contributed by atoms with Crippen LogP contribution in [0.5, 0.6) is 0 Å². The maximum Gasteiger partial charge on any atom is 0.253 e. The monoisotopic (exact) mass is 348 g/mol. The lowest BCUT2D eigenvalue weighted by Crippen LogP contribution is -2.22. The quantitative estimate of drug-likeness (QED) is 0.823. The highest BCUT2D eigenvalue weighted by Crippen LogP contribution is 2.35. The van der Waals surface area contributed by atoms with Crippen LogP contribution in [0, 0.1) is 11.8 Å². The number of hydrogen-bond acceptors (Lipinski definition) is 4. The van der Waals surface area contributed by atoms with Crippen LogP contribution < -0.4 is 10.6 Å². The Hall–Kier alpha value is -1.17. The molecule has 3 nitrogen and oxygen atoms in total. The molecule has 2 aliphatic rings. The number of fused-ring (bicyclic) bond motifs is 2. The van der Waals surface area contributed by atoms with Gasteiger partial charge < -0.3 is 10.6 Å². The maximum absolute atomic E-state index is 11.3. The highest BCUT2D eigenvalue weighted by atomic mass is 32.1. The zero-order chi connectivity index (χ0) is 16.6. The fraction of sp³-hybridized carbons (Fsp3) is 0.500. The Morgan fingerprint density at radius 2 is 1.65 bits per heavy atom. The van der Waals surface area contributed by atoms with Crippen molar-refractivity contribution in [1.29, 1.82) is 0 Å². The van der Waals surface area contributed by atoms with Crippen molar-refractivity contribution in [2.75, 3.05) is 0 Å². The molecular formula is C18H24N2OS2. The molecule has 0 saturated heterocycles. The van der Waals surface area contributed by atoms with Gasteiger partial charge in [0.1, 0.15) is 0 Å². The van der Waals surface area contributed by atoms with Gasteiger partial charge in [0.25, 0.3) is 5.91 Å². The van der Waals surface area contributed by atoms with Crippen molar-refractivity contribution >= 4 is 28.6 Å². The minimum Gasteiger partial charge on any atom is -0.344 e. The summed E-state index contributed by atoms with van der Waals surface area (Å²) in [6.07, 6.45) is 0. The Bertz CT molecular complexity index is 687. The van der Waals surface area contributed by atoms with Gasteiger partial charge >= 0.3 is 0 Å². The molecule has 0 saturated carbocycles. The molecule has 5 heteroatoms. The summed E-state index contributed by atoms with van der Waals surface area (Å²) in [6, 6.07) is 4.99. The number of amides is 1. The molecule has 2 aliphatic heterocycles. The molecule has 124 valence electrons. The summed E-state index contributed by atoms with van der Waals surface area (Å²) in [7, 11) is 0. The molecule has 2 unspecified atom stereocenters. The molecule has 4 heterocycles. The molecular weight excluding hydrogens is 324 g/mol. The number of carbonyl (C=O) groups excluding carboxylic acids is 1. The van der Waals surface area contributed by atoms with Crippen molar-refractivity contribution in [3.63, 3.8) is 0 Å². The van der Waals surface area contributed by atoms with E-state index in [1.807, 2.05) is 22.8 Å². The van der Waals surface area contributed by atoms with Crippen molar-refractivity contribution in [3.8, 4) is 0 Å². The molecule has 2 atom stereocenters. The lowest BCUT2D eigenvalue weighted by Gasteiger charge is -2.14. The van der Waals surface area contributed by atoms with Gasteiger partial charge in [-0.2, -0.15) is 0 Å². The Labute approximate surface area is 146 Å². The zero-order valence-corrected chi connectivity index (χ0v) is 15.7. The summed E-state index contributed by atoms with van der Waals surface area (Å²) in [5.41, 5.74) is 2.38. The fourth-order valence-electron chi connectivity index (χ4n) is 3.12. The molecule has 0 aromatic carbocycles. The van der Waals surface area contributed by atoms with Crippen LogP contribution in [0.15, 0.2) is 22.9 Å². The lowest BCUT2D eigenvalue weighted by molar-refractivity contribution is 0.0949. The van der Waals surface area contributed by atoms with Crippen LogP contribution in [0.25, 0.3) is 0 Å². The van der Waals surface area contributed by atoms with E-state index in [9.17, 15) is 4.79 Å². The number of thiophene rings is 2. The summed E-state index contributed by atoms with van der Waals surface area (Å²) in [6.45, 7) is 9.86. The smallest absolute Gasteiger partial charge is 0.253 e. The summed E-state index contributed by atoms with van der Waals surface area (Å²) in [4.78, 5) is 14.1. The molecule has 0 radical (unpaired) electrons. The van der Waals surface area contributed by atoms with Gasteiger partial charge in [0, 0.05) is 22.3 Å². The Morgan fingerprint density at radius 3 is 2.35 bits per heavy atom. The summed E-state index contributed by atoms with van der Waals surface area (Å²) < 4.78 is 0. The van der Waals surface area contributed by atoms with E-state index >= 15 is 0 Å². The Balaban J connectivity index is 0.000000136. The van der Waals surface area contributed by atoms with E-state index in [2.05, 4.69) is 49.8 Å². The number of carbonyl (C=O) groups is 1. The maximum atomic E-state index is 11.3. The average Bonchev–Trinajstić information content (AvgIpc) is 3.19. The van der Waals surface area contributed by atoms with Gasteiger partial charge in [0.15, 0.2) is 0 Å². The number of rotatable bonds is 2. The van der Waals surface area contributed by atoms with Gasteiger partial charge in [-0.05, 0) is 40.3 Å². The van der Waals surface area contributed by atoms with Gasteiger partial charge in [0.05, 0.1) is 11.6 Å². The second-order valence-electron chi connectivity index (χ2n) is 6.81. The predicted molar refractivity (Wildman–Crippen MR) is 98.1 cm³/mol. The van der Waals surface area contributed by atoms with Crippen molar-refractivity contribution in [1.82, 2.24) is 10.6 Å². The van der Waals surface area contributed by atoms with Crippen molar-refractivity contribution in [2.45, 2.75) is 46.3 Å². The second kappa shape index (κ2) is 6.75. The summed E-state index contributed by atoms with van der Waals surface area (Å²) in [5, 5.41) is 10.7. The van der Waals surface area contributed by atoms with Crippen LogP contribution in [0.4, 0.5) is 0 Å². The number of nitrogens with one attached hydrogen (secondary N) is 2. The topological polar surface area (TPSA) is 41.1 Å². The first-order valence-electron chi connectivity index (χ1n) is 8.17. The van der Waals surface area contributed by atoms with Gasteiger partial charge in [-0.15, -0.1) is 22.7 Å². The van der Waals surface area contributed by atoms with Crippen LogP contribution in [-0.4, -0.2) is 5.91 Å². The third-order valence-electron chi connectivity index (χ3n) is 4.42. The Kier molecular flexibility index (Phi) is 4.90. The zero-order valence-electron chi connectivity index (χ0n) is 14.1. The van der Waals surface area contributed by atoms with E-state index in [1.54, 1.807) is 16.2 Å². The fourth-order valence-corrected chi connectivity index (χ4v) is 5.41. The molecule has 4 rings (SSSR count). The standard InChI is InChI=1S/C9H11NOS.C9H13NS/c1-5(2)7-8-6(3-4-12-8)9(11)10-7;1-6(2)8-9-7(5-10-8)3-4-11-9/h3-5,7H,1-2H3,(H,10,11);3-4,6,8,10H,5H2,1-2H3. The minimum atomic E-state index is 0.0879. The van der Waals surface area contributed by atoms with Crippen molar-refractivity contribution in [2.24, 2.45) is 11.8 Å². The van der Waals surface area contributed by atoms with E-state index in [0.717, 1.165) is 18.0 Å². The minimum absolute atomic E-state index is 0.0879. The molecule has 2 N–H and O–H groups in total. The largest absolute Gasteiger partial charge is 0.344 e. The summed E-state index contributed by atoms with van der Waals surface area (Å²) in [5.74, 6) is 1.29. The SMILES string of the molecule is CC(C)C1NC(=O)c2ccsc21.CC(C)C1NCc2ccsc21.